The molecule has 0 bridgehead atoms. The number of anilines is 2. The third-order valence-corrected chi connectivity index (χ3v) is 3.59. The lowest BCUT2D eigenvalue weighted by molar-refractivity contribution is 0.0687. The Labute approximate surface area is 136 Å². The number of nitrogen functional groups attached to an aromatic ring is 2. The molecular formula is C14H12N2O7P+. The van der Waals surface area contributed by atoms with Crippen LogP contribution in [0.1, 0.15) is 20.7 Å². The molecule has 0 saturated carbocycles. The number of carboxylic acid groups (broad SMARTS) is 2. The van der Waals surface area contributed by atoms with Crippen LogP contribution in [-0.4, -0.2) is 22.2 Å². The van der Waals surface area contributed by atoms with Gasteiger partial charge in [-0.25, -0.2) is 18.6 Å². The number of hydrogen-bond donors (Lipinski definition) is 4. The number of carboxylic acids is 2. The Morgan fingerprint density at radius 1 is 0.833 bits per heavy atom. The summed E-state index contributed by atoms with van der Waals surface area (Å²) in [6, 6.07) is 7.35. The van der Waals surface area contributed by atoms with Gasteiger partial charge in [0.15, 0.2) is 11.5 Å². The highest BCUT2D eigenvalue weighted by molar-refractivity contribution is 7.34. The minimum Gasteiger partial charge on any atom is -0.478 e. The van der Waals surface area contributed by atoms with Crippen LogP contribution in [0.4, 0.5) is 11.4 Å². The Morgan fingerprint density at radius 3 is 1.50 bits per heavy atom. The molecule has 6 N–H and O–H groups in total. The van der Waals surface area contributed by atoms with E-state index in [2.05, 4.69) is 0 Å². The highest BCUT2D eigenvalue weighted by Gasteiger charge is 2.25. The Kier molecular flexibility index (Phi) is 4.86. The maximum Gasteiger partial charge on any atom is 0.805 e. The second kappa shape index (κ2) is 6.84. The molecule has 124 valence electrons. The number of nitrogens with two attached hydrogens (primary N) is 2. The Hall–Kier alpha value is -3.32. The molecule has 2 aromatic carbocycles. The molecule has 2 aromatic rings. The van der Waals surface area contributed by atoms with Crippen molar-refractivity contribution in [2.75, 3.05) is 11.5 Å². The van der Waals surface area contributed by atoms with Crippen molar-refractivity contribution in [3.8, 4) is 11.5 Å². The van der Waals surface area contributed by atoms with E-state index in [-0.39, 0.29) is 34.0 Å². The summed E-state index contributed by atoms with van der Waals surface area (Å²) in [5.41, 5.74) is 10.7. The van der Waals surface area contributed by atoms with Crippen molar-refractivity contribution in [3.63, 3.8) is 0 Å². The smallest absolute Gasteiger partial charge is 0.478 e. The first-order valence-corrected chi connectivity index (χ1v) is 7.46. The first-order chi connectivity index (χ1) is 11.3. The van der Waals surface area contributed by atoms with Gasteiger partial charge in [-0.2, -0.15) is 0 Å². The largest absolute Gasteiger partial charge is 0.805 e. The molecule has 10 heteroatoms. The summed E-state index contributed by atoms with van der Waals surface area (Å²) in [6.45, 7) is 0. The minimum atomic E-state index is -2.66. The molecule has 9 nitrogen and oxygen atoms in total. The fraction of sp³-hybridized carbons (Fsp3) is 0. The summed E-state index contributed by atoms with van der Waals surface area (Å²) in [6.07, 6.45) is 0. The fourth-order valence-electron chi connectivity index (χ4n) is 1.78. The predicted molar refractivity (Wildman–Crippen MR) is 84.5 cm³/mol. The van der Waals surface area contributed by atoms with Crippen LogP contribution in [0.3, 0.4) is 0 Å². The van der Waals surface area contributed by atoms with Crippen LogP contribution in [0.5, 0.6) is 11.5 Å². The summed E-state index contributed by atoms with van der Waals surface area (Å²) < 4.78 is 21.8. The molecule has 0 saturated heterocycles. The molecule has 0 atom stereocenters. The molecule has 0 radical (unpaired) electrons. The third kappa shape index (κ3) is 3.90. The molecule has 0 unspecified atom stereocenters. The van der Waals surface area contributed by atoms with E-state index >= 15 is 0 Å². The quantitative estimate of drug-likeness (QED) is 0.452. The first-order valence-electron chi connectivity index (χ1n) is 6.36. The van der Waals surface area contributed by atoms with E-state index in [4.69, 9.17) is 30.7 Å². The molecule has 0 amide bonds. The fourth-order valence-corrected chi connectivity index (χ4v) is 2.38. The van der Waals surface area contributed by atoms with Gasteiger partial charge in [0.2, 0.25) is 0 Å². The van der Waals surface area contributed by atoms with Crippen LogP contribution in [0.25, 0.3) is 0 Å². The van der Waals surface area contributed by atoms with Crippen molar-refractivity contribution in [2.24, 2.45) is 0 Å². The molecule has 0 fully saturated rings. The molecule has 0 aromatic heterocycles. The molecule has 0 spiro atoms. The Bertz CT molecular complexity index is 770. The van der Waals surface area contributed by atoms with Crippen molar-refractivity contribution in [3.05, 3.63) is 47.5 Å². The number of carbonyl (C=O) groups is 2. The summed E-state index contributed by atoms with van der Waals surface area (Å²) in [7, 11) is -2.66. The summed E-state index contributed by atoms with van der Waals surface area (Å²) >= 11 is 0. The third-order valence-electron chi connectivity index (χ3n) is 2.87. The van der Waals surface area contributed by atoms with E-state index in [1.807, 2.05) is 0 Å². The van der Waals surface area contributed by atoms with E-state index in [0.29, 0.717) is 0 Å². The molecule has 0 aliphatic rings. The van der Waals surface area contributed by atoms with E-state index in [1.54, 1.807) is 0 Å². The van der Waals surface area contributed by atoms with E-state index in [1.165, 1.54) is 36.4 Å². The Balaban J connectivity index is 2.08. The van der Waals surface area contributed by atoms with Crippen LogP contribution in [0.15, 0.2) is 36.4 Å². The lowest BCUT2D eigenvalue weighted by Crippen LogP contribution is -2.03. The van der Waals surface area contributed by atoms with Gasteiger partial charge in [-0.15, -0.1) is 0 Å². The van der Waals surface area contributed by atoms with Gasteiger partial charge in [-0.3, -0.25) is 0 Å². The van der Waals surface area contributed by atoms with E-state index in [9.17, 15) is 14.2 Å². The zero-order valence-electron chi connectivity index (χ0n) is 12.0. The highest BCUT2D eigenvalue weighted by Crippen LogP contribution is 2.33. The van der Waals surface area contributed by atoms with Crippen molar-refractivity contribution in [1.29, 1.82) is 0 Å². The number of aromatic carboxylic acids is 2. The van der Waals surface area contributed by atoms with Gasteiger partial charge in [0.25, 0.3) is 0 Å². The van der Waals surface area contributed by atoms with Crippen LogP contribution in [-0.2, 0) is 4.57 Å². The number of benzene rings is 2. The van der Waals surface area contributed by atoms with Crippen molar-refractivity contribution in [2.45, 2.75) is 0 Å². The molecule has 0 aliphatic heterocycles. The average molecular weight is 351 g/mol. The van der Waals surface area contributed by atoms with Crippen molar-refractivity contribution < 1.29 is 33.4 Å². The average Bonchev–Trinajstić information content (AvgIpc) is 2.46. The van der Waals surface area contributed by atoms with Gasteiger partial charge in [0.1, 0.15) is 0 Å². The number of hydrogen-bond acceptors (Lipinski definition) is 7. The minimum absolute atomic E-state index is 0.0498. The molecule has 0 heterocycles. The van der Waals surface area contributed by atoms with Crippen LogP contribution < -0.4 is 20.5 Å². The van der Waals surface area contributed by atoms with E-state index < -0.39 is 20.2 Å². The molecule has 0 aliphatic carbocycles. The van der Waals surface area contributed by atoms with Crippen LogP contribution >= 0.6 is 8.25 Å². The maximum absolute atomic E-state index is 11.8. The SMILES string of the molecule is Nc1cc(O[P+](=O)Oc2ccc(C(=O)O)c(N)c2)ccc1C(=O)O. The van der Waals surface area contributed by atoms with E-state index in [0.717, 1.165) is 0 Å². The molecule has 24 heavy (non-hydrogen) atoms. The monoisotopic (exact) mass is 351 g/mol. The zero-order chi connectivity index (χ0) is 17.9. The lowest BCUT2D eigenvalue weighted by atomic mass is 10.2. The normalized spacial score (nSPS) is 10.0. The van der Waals surface area contributed by atoms with Gasteiger partial charge in [-0.05, 0) is 24.3 Å². The summed E-state index contributed by atoms with van der Waals surface area (Å²) in [4.78, 5) is 21.7. The Morgan fingerprint density at radius 2 is 1.21 bits per heavy atom. The summed E-state index contributed by atoms with van der Waals surface area (Å²) in [5.74, 6) is -2.30. The first kappa shape index (κ1) is 17.0. The standard InChI is InChI=1S/C14H11N2O7P/c15-11-5-7(1-3-9(11)13(17)18)22-24(21)23-8-2-4-10(14(19)20)12(16)6-8/h1-6H,15-16H2,(H-,17,18,19,20)/p+1. The van der Waals surface area contributed by atoms with Gasteiger partial charge in [-0.1, -0.05) is 0 Å². The zero-order valence-corrected chi connectivity index (χ0v) is 12.9. The number of rotatable bonds is 6. The van der Waals surface area contributed by atoms with Crippen LogP contribution in [0, 0.1) is 0 Å². The van der Waals surface area contributed by atoms with Gasteiger partial charge < -0.3 is 21.7 Å². The summed E-state index contributed by atoms with van der Waals surface area (Å²) in [5, 5.41) is 17.7. The second-order valence-corrected chi connectivity index (χ2v) is 5.33. The topological polar surface area (TPSA) is 162 Å². The van der Waals surface area contributed by atoms with Crippen molar-refractivity contribution >= 4 is 31.6 Å². The van der Waals surface area contributed by atoms with Crippen molar-refractivity contribution in [1.82, 2.24) is 0 Å². The lowest BCUT2D eigenvalue weighted by Gasteiger charge is -2.02. The molecule has 2 rings (SSSR count). The van der Waals surface area contributed by atoms with Gasteiger partial charge in [0, 0.05) is 16.7 Å². The van der Waals surface area contributed by atoms with Gasteiger partial charge in [0.05, 0.1) is 22.5 Å². The highest BCUT2D eigenvalue weighted by atomic mass is 31.1. The molecular weight excluding hydrogens is 339 g/mol. The predicted octanol–water partition coefficient (Wildman–Crippen LogP) is 2.36. The van der Waals surface area contributed by atoms with Crippen LogP contribution in [0.2, 0.25) is 0 Å². The maximum atomic E-state index is 11.8. The van der Waals surface area contributed by atoms with Gasteiger partial charge >= 0.3 is 20.2 Å². The second-order valence-electron chi connectivity index (χ2n) is 4.51.